The van der Waals surface area contributed by atoms with Crippen LogP contribution in [0, 0.1) is 5.92 Å². The Morgan fingerprint density at radius 3 is 2.38 bits per heavy atom. The van der Waals surface area contributed by atoms with Crippen molar-refractivity contribution in [3.8, 4) is 0 Å². The number of nitrogens with zero attached hydrogens (tertiary/aromatic N) is 1. The maximum Gasteiger partial charge on any atom is 0.253 e. The maximum atomic E-state index is 12.3. The Morgan fingerprint density at radius 1 is 1.33 bits per heavy atom. The number of likely N-dealkylation sites (N-methyl/N-ethyl adjacent to an activating group) is 1. The fourth-order valence-corrected chi connectivity index (χ4v) is 3.17. The second kappa shape index (κ2) is 6.71. The summed E-state index contributed by atoms with van der Waals surface area (Å²) in [5.74, 6) is 0.243. The Hall–Kier alpha value is -1.20. The molecular formula is C16H23NO3S. The molecule has 0 aromatic heterocycles. The van der Waals surface area contributed by atoms with E-state index in [9.17, 15) is 14.1 Å². The molecule has 21 heavy (non-hydrogen) atoms. The molecule has 1 aliphatic rings. The first kappa shape index (κ1) is 16.2. The molecule has 0 radical (unpaired) electrons. The summed E-state index contributed by atoms with van der Waals surface area (Å²) in [4.78, 5) is 14.6. The smallest absolute Gasteiger partial charge is 0.253 e. The molecule has 1 fully saturated rings. The molecule has 0 spiro atoms. The number of hydrogen-bond donors (Lipinski definition) is 1. The Morgan fingerprint density at radius 2 is 1.90 bits per heavy atom. The molecule has 2 atom stereocenters. The van der Waals surface area contributed by atoms with Gasteiger partial charge in [0.25, 0.3) is 5.91 Å². The van der Waals surface area contributed by atoms with E-state index in [-0.39, 0.29) is 11.2 Å². The van der Waals surface area contributed by atoms with Gasteiger partial charge in [0, 0.05) is 29.3 Å². The van der Waals surface area contributed by atoms with Gasteiger partial charge in [-0.1, -0.05) is 13.8 Å². The zero-order valence-electron chi connectivity index (χ0n) is 12.8. The van der Waals surface area contributed by atoms with Crippen molar-refractivity contribution in [2.45, 2.75) is 42.9 Å². The van der Waals surface area contributed by atoms with E-state index in [1.807, 2.05) is 13.8 Å². The monoisotopic (exact) mass is 309 g/mol. The van der Waals surface area contributed by atoms with Crippen LogP contribution in [0.4, 0.5) is 0 Å². The van der Waals surface area contributed by atoms with Crippen LogP contribution in [0.5, 0.6) is 0 Å². The Labute approximate surface area is 128 Å². The number of carbonyl (C=O) groups is 1. The normalized spacial score (nSPS) is 17.6. The molecule has 1 aromatic carbocycles. The van der Waals surface area contributed by atoms with Gasteiger partial charge < -0.3 is 10.0 Å². The van der Waals surface area contributed by atoms with Gasteiger partial charge in [0.05, 0.1) is 16.9 Å². The summed E-state index contributed by atoms with van der Waals surface area (Å²) < 4.78 is 12.0. The largest absolute Gasteiger partial charge is 0.391 e. The Bertz CT molecular complexity index is 523. The van der Waals surface area contributed by atoms with Crippen LogP contribution < -0.4 is 0 Å². The summed E-state index contributed by atoms with van der Waals surface area (Å²) in [5.41, 5.74) is 0.560. The molecule has 1 aromatic rings. The van der Waals surface area contributed by atoms with Crippen LogP contribution in [-0.4, -0.2) is 45.1 Å². The molecule has 0 bridgehead atoms. The van der Waals surface area contributed by atoms with Gasteiger partial charge in [-0.25, -0.2) is 0 Å². The first-order chi connectivity index (χ1) is 9.90. The highest BCUT2D eigenvalue weighted by molar-refractivity contribution is 7.85. The van der Waals surface area contributed by atoms with Crippen LogP contribution in [0.1, 0.15) is 37.0 Å². The summed E-state index contributed by atoms with van der Waals surface area (Å²) in [7, 11) is 0.663. The zero-order chi connectivity index (χ0) is 15.6. The maximum absolute atomic E-state index is 12.3. The first-order valence-corrected chi connectivity index (χ1v) is 8.55. The minimum atomic E-state index is -1.04. The standard InChI is InChI=1S/C16H23NO3S/c1-11(2)21(20)14-8-6-13(7-9-14)16(19)17(3)10-15(18)12-4-5-12/h6-9,11-12,15,18H,4-5,10H2,1-3H3. The highest BCUT2D eigenvalue weighted by Gasteiger charge is 2.31. The number of hydrogen-bond acceptors (Lipinski definition) is 3. The number of carbonyl (C=O) groups excluding carboxylic acids is 1. The molecule has 0 heterocycles. The van der Waals surface area contributed by atoms with Crippen molar-refractivity contribution in [1.29, 1.82) is 0 Å². The lowest BCUT2D eigenvalue weighted by Gasteiger charge is -2.21. The molecule has 5 heteroatoms. The quantitative estimate of drug-likeness (QED) is 0.875. The lowest BCUT2D eigenvalue weighted by Crippen LogP contribution is -2.35. The van der Waals surface area contributed by atoms with E-state index in [0.29, 0.717) is 18.0 Å². The molecule has 2 unspecified atom stereocenters. The second-order valence-corrected chi connectivity index (χ2v) is 7.97. The van der Waals surface area contributed by atoms with E-state index in [2.05, 4.69) is 0 Å². The van der Waals surface area contributed by atoms with Gasteiger partial charge in [0.1, 0.15) is 0 Å². The third-order valence-electron chi connectivity index (χ3n) is 3.74. The number of aliphatic hydroxyl groups is 1. The molecular weight excluding hydrogens is 286 g/mol. The van der Waals surface area contributed by atoms with E-state index in [4.69, 9.17) is 0 Å². The molecule has 1 saturated carbocycles. The molecule has 2 rings (SSSR count). The summed E-state index contributed by atoms with van der Waals surface area (Å²) in [6.45, 7) is 4.17. The molecule has 116 valence electrons. The van der Waals surface area contributed by atoms with E-state index in [1.54, 1.807) is 36.2 Å². The van der Waals surface area contributed by atoms with Crippen LogP contribution in [0.3, 0.4) is 0 Å². The van der Waals surface area contributed by atoms with Gasteiger partial charge in [-0.2, -0.15) is 0 Å². The highest BCUT2D eigenvalue weighted by atomic mass is 32.2. The van der Waals surface area contributed by atoms with E-state index >= 15 is 0 Å². The predicted octanol–water partition coefficient (Wildman–Crippen LogP) is 2.05. The fourth-order valence-electron chi connectivity index (χ4n) is 2.22. The number of amides is 1. The van der Waals surface area contributed by atoms with Gasteiger partial charge in [-0.05, 0) is 43.0 Å². The molecule has 1 N–H and O–H groups in total. The van der Waals surface area contributed by atoms with Gasteiger partial charge in [-0.15, -0.1) is 0 Å². The van der Waals surface area contributed by atoms with Crippen LogP contribution >= 0.6 is 0 Å². The average molecular weight is 309 g/mol. The van der Waals surface area contributed by atoms with E-state index in [1.165, 1.54) is 0 Å². The average Bonchev–Trinajstić information content (AvgIpc) is 3.30. The van der Waals surface area contributed by atoms with Crippen molar-refractivity contribution < 1.29 is 14.1 Å². The molecule has 0 aliphatic heterocycles. The molecule has 1 aliphatic carbocycles. The van der Waals surface area contributed by atoms with Crippen molar-refractivity contribution in [3.05, 3.63) is 29.8 Å². The lowest BCUT2D eigenvalue weighted by atomic mass is 10.1. The van der Waals surface area contributed by atoms with Crippen LogP contribution in [-0.2, 0) is 10.8 Å². The van der Waals surface area contributed by atoms with Gasteiger partial charge in [-0.3, -0.25) is 9.00 Å². The summed E-state index contributed by atoms with van der Waals surface area (Å²) >= 11 is 0. The predicted molar refractivity (Wildman–Crippen MR) is 83.7 cm³/mol. The van der Waals surface area contributed by atoms with Crippen LogP contribution in [0.2, 0.25) is 0 Å². The van der Waals surface area contributed by atoms with Crippen LogP contribution in [0.15, 0.2) is 29.2 Å². The summed E-state index contributed by atoms with van der Waals surface area (Å²) in [5, 5.41) is 9.96. The summed E-state index contributed by atoms with van der Waals surface area (Å²) in [6, 6.07) is 6.90. The Balaban J connectivity index is 2.00. The number of benzene rings is 1. The van der Waals surface area contributed by atoms with Crippen molar-refractivity contribution >= 4 is 16.7 Å². The minimum absolute atomic E-state index is 0.0583. The van der Waals surface area contributed by atoms with Crippen LogP contribution in [0.25, 0.3) is 0 Å². The third-order valence-corrected chi connectivity index (χ3v) is 5.33. The highest BCUT2D eigenvalue weighted by Crippen LogP contribution is 2.32. The van der Waals surface area contributed by atoms with Gasteiger partial charge in [0.15, 0.2) is 0 Å². The van der Waals surface area contributed by atoms with Crippen molar-refractivity contribution in [2.24, 2.45) is 5.92 Å². The van der Waals surface area contributed by atoms with E-state index < -0.39 is 16.9 Å². The van der Waals surface area contributed by atoms with Gasteiger partial charge >= 0.3 is 0 Å². The molecule has 1 amide bonds. The van der Waals surface area contributed by atoms with Gasteiger partial charge in [0.2, 0.25) is 0 Å². The number of rotatable bonds is 6. The number of aliphatic hydroxyl groups excluding tert-OH is 1. The lowest BCUT2D eigenvalue weighted by molar-refractivity contribution is 0.0645. The third kappa shape index (κ3) is 4.14. The topological polar surface area (TPSA) is 57.6 Å². The zero-order valence-corrected chi connectivity index (χ0v) is 13.6. The molecule has 0 saturated heterocycles. The minimum Gasteiger partial charge on any atom is -0.391 e. The van der Waals surface area contributed by atoms with Crippen molar-refractivity contribution in [1.82, 2.24) is 4.90 Å². The van der Waals surface area contributed by atoms with E-state index in [0.717, 1.165) is 17.7 Å². The SMILES string of the molecule is CC(C)S(=O)c1ccc(C(=O)N(C)CC(O)C2CC2)cc1. The second-order valence-electron chi connectivity index (χ2n) is 5.96. The molecule has 4 nitrogen and oxygen atoms in total. The first-order valence-electron chi connectivity index (χ1n) is 7.34. The Kier molecular flexibility index (Phi) is 5.17. The van der Waals surface area contributed by atoms with Crippen molar-refractivity contribution in [2.75, 3.05) is 13.6 Å². The fraction of sp³-hybridized carbons (Fsp3) is 0.562. The summed E-state index contributed by atoms with van der Waals surface area (Å²) in [6.07, 6.45) is 1.68. The van der Waals surface area contributed by atoms with Crippen molar-refractivity contribution in [3.63, 3.8) is 0 Å².